The molecular formula is C26H21F3N2O2. The molecule has 4 nitrogen and oxygen atoms in total. The molecule has 3 aromatic carbocycles. The number of fused-ring (bicyclic) bond motifs is 1. The van der Waals surface area contributed by atoms with Crippen molar-refractivity contribution >= 4 is 16.8 Å². The van der Waals surface area contributed by atoms with E-state index in [1.54, 1.807) is 4.90 Å². The van der Waals surface area contributed by atoms with Gasteiger partial charge >= 0.3 is 6.36 Å². The van der Waals surface area contributed by atoms with Gasteiger partial charge in [0.2, 0.25) is 0 Å². The minimum Gasteiger partial charge on any atom is -0.406 e. The average Bonchev–Trinajstić information content (AvgIpc) is 3.43. The third-order valence-electron chi connectivity index (χ3n) is 5.96. The molecule has 1 N–H and O–H groups in total. The summed E-state index contributed by atoms with van der Waals surface area (Å²) < 4.78 is 41.9. The van der Waals surface area contributed by atoms with Crippen molar-refractivity contribution < 1.29 is 22.7 Å². The topological polar surface area (TPSA) is 45.3 Å². The molecule has 33 heavy (non-hydrogen) atoms. The summed E-state index contributed by atoms with van der Waals surface area (Å²) in [4.78, 5) is 18.6. The summed E-state index contributed by atoms with van der Waals surface area (Å²) >= 11 is 0. The molecule has 7 heteroatoms. The number of likely N-dealkylation sites (tertiary alicyclic amines) is 1. The number of alkyl halides is 3. The van der Waals surface area contributed by atoms with Crippen molar-refractivity contribution in [3.05, 3.63) is 90.1 Å². The number of para-hydroxylation sites is 1. The number of nitrogens with zero attached hydrogens (tertiary/aromatic N) is 1. The molecule has 0 aliphatic carbocycles. The Kier molecular flexibility index (Phi) is 5.32. The number of aromatic nitrogens is 1. The first kappa shape index (κ1) is 21.1. The van der Waals surface area contributed by atoms with E-state index in [1.165, 1.54) is 18.2 Å². The summed E-state index contributed by atoms with van der Waals surface area (Å²) in [7, 11) is 0. The second kappa shape index (κ2) is 8.31. The second-order valence-corrected chi connectivity index (χ2v) is 8.06. The van der Waals surface area contributed by atoms with Gasteiger partial charge in [-0.2, -0.15) is 0 Å². The number of aromatic amines is 1. The van der Waals surface area contributed by atoms with Gasteiger partial charge in [0, 0.05) is 34.3 Å². The lowest BCUT2D eigenvalue weighted by molar-refractivity contribution is -0.274. The molecule has 1 atom stereocenters. The quantitative estimate of drug-likeness (QED) is 0.376. The molecule has 0 saturated carbocycles. The van der Waals surface area contributed by atoms with Gasteiger partial charge in [-0.25, -0.2) is 0 Å². The largest absolute Gasteiger partial charge is 0.573 e. The van der Waals surface area contributed by atoms with E-state index in [0.29, 0.717) is 6.54 Å². The summed E-state index contributed by atoms with van der Waals surface area (Å²) in [6.45, 7) is 0.525. The zero-order valence-electron chi connectivity index (χ0n) is 17.6. The van der Waals surface area contributed by atoms with Crippen molar-refractivity contribution in [3.8, 4) is 16.9 Å². The van der Waals surface area contributed by atoms with E-state index in [-0.39, 0.29) is 17.5 Å². The van der Waals surface area contributed by atoms with Crippen LogP contribution in [0.1, 0.15) is 34.9 Å². The van der Waals surface area contributed by atoms with Crippen molar-refractivity contribution in [3.63, 3.8) is 0 Å². The van der Waals surface area contributed by atoms with Gasteiger partial charge in [-0.3, -0.25) is 4.79 Å². The first-order valence-corrected chi connectivity index (χ1v) is 10.7. The lowest BCUT2D eigenvalue weighted by atomic mass is 9.97. The average molecular weight is 450 g/mol. The molecule has 0 bridgehead atoms. The lowest BCUT2D eigenvalue weighted by Gasteiger charge is -2.25. The minimum atomic E-state index is -4.81. The van der Waals surface area contributed by atoms with Gasteiger partial charge in [-0.1, -0.05) is 54.6 Å². The van der Waals surface area contributed by atoms with Crippen LogP contribution in [0.5, 0.6) is 5.75 Å². The van der Waals surface area contributed by atoms with Crippen LogP contribution in [0.4, 0.5) is 13.2 Å². The Morgan fingerprint density at radius 1 is 0.970 bits per heavy atom. The number of halogens is 3. The maximum atomic E-state index is 13.4. The highest BCUT2D eigenvalue weighted by Crippen LogP contribution is 2.42. The summed E-state index contributed by atoms with van der Waals surface area (Å²) in [5, 5.41) is 1.07. The number of benzene rings is 3. The van der Waals surface area contributed by atoms with E-state index in [1.807, 2.05) is 48.5 Å². The normalized spacial score (nSPS) is 16.3. The van der Waals surface area contributed by atoms with Crippen LogP contribution < -0.4 is 4.74 Å². The Hall–Kier alpha value is -3.74. The number of carbonyl (C=O) groups is 1. The van der Waals surface area contributed by atoms with Crippen LogP contribution in [-0.2, 0) is 0 Å². The van der Waals surface area contributed by atoms with Gasteiger partial charge < -0.3 is 14.6 Å². The Morgan fingerprint density at radius 2 is 1.73 bits per heavy atom. The highest BCUT2D eigenvalue weighted by Gasteiger charge is 2.35. The van der Waals surface area contributed by atoms with E-state index in [2.05, 4.69) is 15.8 Å². The molecule has 0 radical (unpaired) electrons. The number of nitrogens with one attached hydrogen (secondary N) is 1. The first-order valence-electron chi connectivity index (χ1n) is 10.7. The van der Waals surface area contributed by atoms with Crippen LogP contribution in [0, 0.1) is 0 Å². The zero-order valence-corrected chi connectivity index (χ0v) is 17.6. The summed E-state index contributed by atoms with van der Waals surface area (Å²) in [6, 6.07) is 23.0. The molecule has 1 amide bonds. The molecule has 2 heterocycles. The van der Waals surface area contributed by atoms with Crippen LogP contribution in [0.2, 0.25) is 0 Å². The van der Waals surface area contributed by atoms with Gasteiger partial charge in [0.1, 0.15) is 5.75 Å². The molecule has 1 aliphatic heterocycles. The maximum absolute atomic E-state index is 13.4. The van der Waals surface area contributed by atoms with E-state index < -0.39 is 12.1 Å². The number of H-pyrrole nitrogens is 1. The van der Waals surface area contributed by atoms with E-state index in [4.69, 9.17) is 0 Å². The zero-order chi connectivity index (χ0) is 23.0. The fourth-order valence-corrected chi connectivity index (χ4v) is 4.63. The Balaban J connectivity index is 1.54. The SMILES string of the molecule is O=C(c1cccc(OC(F)(F)F)c1)N1CCCC1c1[nH]c2ccccc2c1-c1ccccc1. The third kappa shape index (κ3) is 4.18. The van der Waals surface area contributed by atoms with Crippen LogP contribution >= 0.6 is 0 Å². The Labute approximate surface area is 188 Å². The molecule has 4 aromatic rings. The summed E-state index contributed by atoms with van der Waals surface area (Å²) in [5.74, 6) is -0.720. The molecule has 1 aliphatic rings. The molecule has 1 unspecified atom stereocenters. The number of carbonyl (C=O) groups excluding carboxylic acids is 1. The van der Waals surface area contributed by atoms with Gasteiger partial charge in [0.15, 0.2) is 0 Å². The Bertz CT molecular complexity index is 1300. The van der Waals surface area contributed by atoms with Crippen molar-refractivity contribution in [2.24, 2.45) is 0 Å². The standard InChI is InChI=1S/C26H21F3N2O2/c27-26(28,29)33-19-11-6-10-18(16-19)25(32)31-15-7-14-22(31)24-23(17-8-2-1-3-9-17)20-12-4-5-13-21(20)30-24/h1-6,8-13,16,22,30H,7,14-15H2. The highest BCUT2D eigenvalue weighted by molar-refractivity contribution is 5.99. The summed E-state index contributed by atoms with van der Waals surface area (Å²) in [5.41, 5.74) is 4.18. The number of amides is 1. The van der Waals surface area contributed by atoms with Gasteiger partial charge in [-0.05, 0) is 42.7 Å². The predicted molar refractivity (Wildman–Crippen MR) is 120 cm³/mol. The van der Waals surface area contributed by atoms with Crippen LogP contribution in [0.15, 0.2) is 78.9 Å². The predicted octanol–water partition coefficient (Wildman–Crippen LogP) is 6.71. The van der Waals surface area contributed by atoms with Crippen LogP contribution in [0.3, 0.4) is 0 Å². The molecule has 168 valence electrons. The van der Waals surface area contributed by atoms with Crippen LogP contribution in [0.25, 0.3) is 22.0 Å². The van der Waals surface area contributed by atoms with Gasteiger partial charge in [0.05, 0.1) is 6.04 Å². The number of rotatable bonds is 4. The number of hydrogen-bond donors (Lipinski definition) is 1. The fraction of sp³-hybridized carbons (Fsp3) is 0.192. The van der Waals surface area contributed by atoms with E-state index in [9.17, 15) is 18.0 Å². The first-order chi connectivity index (χ1) is 15.9. The summed E-state index contributed by atoms with van der Waals surface area (Å²) in [6.07, 6.45) is -3.25. The van der Waals surface area contributed by atoms with Crippen molar-refractivity contribution in [1.29, 1.82) is 0 Å². The van der Waals surface area contributed by atoms with E-state index in [0.717, 1.165) is 46.6 Å². The highest BCUT2D eigenvalue weighted by atomic mass is 19.4. The smallest absolute Gasteiger partial charge is 0.406 e. The molecule has 1 saturated heterocycles. The molecule has 1 fully saturated rings. The van der Waals surface area contributed by atoms with Crippen LogP contribution in [-0.4, -0.2) is 28.7 Å². The van der Waals surface area contributed by atoms with Crippen molar-refractivity contribution in [2.45, 2.75) is 25.2 Å². The fourth-order valence-electron chi connectivity index (χ4n) is 4.63. The number of ether oxygens (including phenoxy) is 1. The molecule has 0 spiro atoms. The van der Waals surface area contributed by atoms with Crippen molar-refractivity contribution in [2.75, 3.05) is 6.54 Å². The third-order valence-corrected chi connectivity index (χ3v) is 5.96. The minimum absolute atomic E-state index is 0.168. The molecular weight excluding hydrogens is 429 g/mol. The molecule has 5 rings (SSSR count). The van der Waals surface area contributed by atoms with E-state index >= 15 is 0 Å². The van der Waals surface area contributed by atoms with Crippen molar-refractivity contribution in [1.82, 2.24) is 9.88 Å². The monoisotopic (exact) mass is 450 g/mol. The second-order valence-electron chi connectivity index (χ2n) is 8.06. The maximum Gasteiger partial charge on any atom is 0.573 e. The Morgan fingerprint density at radius 3 is 2.52 bits per heavy atom. The van der Waals surface area contributed by atoms with Gasteiger partial charge in [-0.15, -0.1) is 13.2 Å². The lowest BCUT2D eigenvalue weighted by Crippen LogP contribution is -2.31. The number of hydrogen-bond acceptors (Lipinski definition) is 2. The molecule has 1 aromatic heterocycles. The van der Waals surface area contributed by atoms with Gasteiger partial charge in [0.25, 0.3) is 5.91 Å².